The fraction of sp³-hybridized carbons (Fsp3) is 0.417. The molecule has 3 heteroatoms. The highest BCUT2D eigenvalue weighted by Crippen LogP contribution is 2.31. The zero-order valence-corrected chi connectivity index (χ0v) is 10.3. The van der Waals surface area contributed by atoms with E-state index in [2.05, 4.69) is 40.3 Å². The van der Waals surface area contributed by atoms with Gasteiger partial charge in [-0.15, -0.1) is 0 Å². The summed E-state index contributed by atoms with van der Waals surface area (Å²) in [6, 6.07) is 6.27. The SMILES string of the molecule is CCC(Br)c1ccc2c(c1)CCC(=O)N2. The second-order valence-corrected chi connectivity index (χ2v) is 4.95. The van der Waals surface area contributed by atoms with Gasteiger partial charge in [0.05, 0.1) is 0 Å². The van der Waals surface area contributed by atoms with Crippen molar-refractivity contribution in [3.05, 3.63) is 29.3 Å². The molecule has 1 atom stereocenters. The third kappa shape index (κ3) is 2.23. The quantitative estimate of drug-likeness (QED) is 0.818. The molecule has 2 nitrogen and oxygen atoms in total. The van der Waals surface area contributed by atoms with E-state index < -0.39 is 0 Å². The van der Waals surface area contributed by atoms with Gasteiger partial charge < -0.3 is 5.32 Å². The number of carbonyl (C=O) groups excluding carboxylic acids is 1. The number of benzene rings is 1. The highest BCUT2D eigenvalue weighted by atomic mass is 79.9. The van der Waals surface area contributed by atoms with Gasteiger partial charge in [0.2, 0.25) is 5.91 Å². The van der Waals surface area contributed by atoms with Crippen LogP contribution in [0.1, 0.15) is 35.7 Å². The summed E-state index contributed by atoms with van der Waals surface area (Å²) in [6.07, 6.45) is 2.54. The van der Waals surface area contributed by atoms with E-state index in [4.69, 9.17) is 0 Å². The minimum absolute atomic E-state index is 0.126. The summed E-state index contributed by atoms with van der Waals surface area (Å²) < 4.78 is 0. The van der Waals surface area contributed by atoms with E-state index in [1.165, 1.54) is 11.1 Å². The highest BCUT2D eigenvalue weighted by Gasteiger charge is 2.15. The first-order valence-electron chi connectivity index (χ1n) is 5.27. The van der Waals surface area contributed by atoms with E-state index in [1.807, 2.05) is 6.07 Å². The third-order valence-electron chi connectivity index (χ3n) is 2.74. The fourth-order valence-electron chi connectivity index (χ4n) is 1.83. The summed E-state index contributed by atoms with van der Waals surface area (Å²) in [6.45, 7) is 2.15. The van der Waals surface area contributed by atoms with Gasteiger partial charge in [0.1, 0.15) is 0 Å². The second kappa shape index (κ2) is 4.35. The number of halogens is 1. The number of rotatable bonds is 2. The van der Waals surface area contributed by atoms with E-state index in [1.54, 1.807) is 0 Å². The Labute approximate surface area is 98.2 Å². The molecule has 0 saturated heterocycles. The molecule has 0 aliphatic carbocycles. The Kier molecular flexibility index (Phi) is 3.10. The first-order valence-corrected chi connectivity index (χ1v) is 6.19. The van der Waals surface area contributed by atoms with Crippen molar-refractivity contribution < 1.29 is 4.79 Å². The van der Waals surface area contributed by atoms with Crippen molar-refractivity contribution in [1.82, 2.24) is 0 Å². The van der Waals surface area contributed by atoms with Crippen LogP contribution < -0.4 is 5.32 Å². The lowest BCUT2D eigenvalue weighted by Crippen LogP contribution is -2.19. The monoisotopic (exact) mass is 267 g/mol. The van der Waals surface area contributed by atoms with Crippen LogP contribution in [0.5, 0.6) is 0 Å². The summed E-state index contributed by atoms with van der Waals surface area (Å²) in [5, 5.41) is 2.89. The number of anilines is 1. The maximum absolute atomic E-state index is 11.2. The Morgan fingerprint density at radius 2 is 2.27 bits per heavy atom. The van der Waals surface area contributed by atoms with E-state index in [9.17, 15) is 4.79 Å². The summed E-state index contributed by atoms with van der Waals surface area (Å²) >= 11 is 3.64. The van der Waals surface area contributed by atoms with Gasteiger partial charge in [0, 0.05) is 16.9 Å². The summed E-state index contributed by atoms with van der Waals surface area (Å²) in [5.74, 6) is 0.126. The predicted octanol–water partition coefficient (Wildman–Crippen LogP) is 3.42. The Hall–Kier alpha value is -0.830. The van der Waals surface area contributed by atoms with Crippen LogP contribution in [0.2, 0.25) is 0 Å². The van der Waals surface area contributed by atoms with Crippen LogP contribution in [-0.2, 0) is 11.2 Å². The smallest absolute Gasteiger partial charge is 0.224 e. The first kappa shape index (κ1) is 10.7. The van der Waals surface area contributed by atoms with Crippen LogP contribution >= 0.6 is 15.9 Å². The van der Waals surface area contributed by atoms with Crippen molar-refractivity contribution in [2.75, 3.05) is 5.32 Å². The lowest BCUT2D eigenvalue weighted by atomic mass is 9.99. The molecule has 0 radical (unpaired) electrons. The molecule has 0 spiro atoms. The number of carbonyl (C=O) groups is 1. The first-order chi connectivity index (χ1) is 7.20. The average molecular weight is 268 g/mol. The summed E-state index contributed by atoms with van der Waals surface area (Å²) in [5.41, 5.74) is 3.53. The van der Waals surface area contributed by atoms with Crippen molar-refractivity contribution >= 4 is 27.5 Å². The molecule has 0 fully saturated rings. The van der Waals surface area contributed by atoms with Gasteiger partial charge in [0.15, 0.2) is 0 Å². The molecule has 1 aliphatic heterocycles. The lowest BCUT2D eigenvalue weighted by Gasteiger charge is -2.18. The molecule has 0 bridgehead atoms. The molecular weight excluding hydrogens is 254 g/mol. The number of nitrogens with one attached hydrogen (secondary N) is 1. The predicted molar refractivity (Wildman–Crippen MR) is 65.4 cm³/mol. The minimum Gasteiger partial charge on any atom is -0.326 e. The third-order valence-corrected chi connectivity index (χ3v) is 3.92. The van der Waals surface area contributed by atoms with E-state index >= 15 is 0 Å². The Morgan fingerprint density at radius 1 is 1.47 bits per heavy atom. The van der Waals surface area contributed by atoms with Crippen LogP contribution in [0.4, 0.5) is 5.69 Å². The molecule has 1 N–H and O–H groups in total. The van der Waals surface area contributed by atoms with Gasteiger partial charge in [-0.2, -0.15) is 0 Å². The van der Waals surface area contributed by atoms with Crippen molar-refractivity contribution in [2.45, 2.75) is 31.0 Å². The Morgan fingerprint density at radius 3 is 3.00 bits per heavy atom. The van der Waals surface area contributed by atoms with Crippen molar-refractivity contribution in [3.8, 4) is 0 Å². The molecule has 80 valence electrons. The van der Waals surface area contributed by atoms with Crippen molar-refractivity contribution in [2.24, 2.45) is 0 Å². The number of aryl methyl sites for hydroxylation is 1. The number of amides is 1. The largest absolute Gasteiger partial charge is 0.326 e. The van der Waals surface area contributed by atoms with Gasteiger partial charge in [-0.25, -0.2) is 0 Å². The second-order valence-electron chi connectivity index (χ2n) is 3.84. The number of fused-ring (bicyclic) bond motifs is 1. The molecule has 1 aromatic carbocycles. The molecule has 15 heavy (non-hydrogen) atoms. The molecule has 0 saturated carbocycles. The van der Waals surface area contributed by atoms with Crippen LogP contribution in [0.15, 0.2) is 18.2 Å². The van der Waals surface area contributed by atoms with E-state index in [0.29, 0.717) is 11.2 Å². The van der Waals surface area contributed by atoms with Crippen molar-refractivity contribution in [1.29, 1.82) is 0 Å². The maximum atomic E-state index is 11.2. The molecule has 2 rings (SSSR count). The molecule has 1 heterocycles. The standard InChI is InChI=1S/C12H14BrNO/c1-2-10(13)8-3-5-11-9(7-8)4-6-12(15)14-11/h3,5,7,10H,2,4,6H2,1H3,(H,14,15). The van der Waals surface area contributed by atoms with Crippen LogP contribution in [0.25, 0.3) is 0 Å². The van der Waals surface area contributed by atoms with E-state index in [0.717, 1.165) is 18.5 Å². The normalized spacial score (nSPS) is 16.8. The summed E-state index contributed by atoms with van der Waals surface area (Å²) in [4.78, 5) is 11.6. The molecule has 1 unspecified atom stereocenters. The zero-order valence-electron chi connectivity index (χ0n) is 8.72. The lowest BCUT2D eigenvalue weighted by molar-refractivity contribution is -0.116. The molecule has 1 aliphatic rings. The topological polar surface area (TPSA) is 29.1 Å². The molecule has 1 aromatic rings. The average Bonchev–Trinajstić information content (AvgIpc) is 2.27. The minimum atomic E-state index is 0.126. The number of alkyl halides is 1. The Bertz CT molecular complexity index is 389. The van der Waals surface area contributed by atoms with E-state index in [-0.39, 0.29) is 5.91 Å². The van der Waals surface area contributed by atoms with Crippen LogP contribution in [0, 0.1) is 0 Å². The van der Waals surface area contributed by atoms with Gasteiger partial charge in [-0.05, 0) is 30.0 Å². The molecular formula is C12H14BrNO. The highest BCUT2D eigenvalue weighted by molar-refractivity contribution is 9.09. The van der Waals surface area contributed by atoms with Crippen LogP contribution in [0.3, 0.4) is 0 Å². The number of hydrogen-bond donors (Lipinski definition) is 1. The Balaban J connectivity index is 2.30. The van der Waals surface area contributed by atoms with Gasteiger partial charge >= 0.3 is 0 Å². The van der Waals surface area contributed by atoms with Crippen molar-refractivity contribution in [3.63, 3.8) is 0 Å². The number of hydrogen-bond acceptors (Lipinski definition) is 1. The fourth-order valence-corrected chi connectivity index (χ4v) is 2.12. The van der Waals surface area contributed by atoms with Gasteiger partial charge in [0.25, 0.3) is 0 Å². The zero-order chi connectivity index (χ0) is 10.8. The summed E-state index contributed by atoms with van der Waals surface area (Å²) in [7, 11) is 0. The van der Waals surface area contributed by atoms with Gasteiger partial charge in [-0.1, -0.05) is 35.0 Å². The maximum Gasteiger partial charge on any atom is 0.224 e. The molecule has 0 aromatic heterocycles. The molecule has 1 amide bonds. The van der Waals surface area contributed by atoms with Crippen LogP contribution in [-0.4, -0.2) is 5.91 Å². The van der Waals surface area contributed by atoms with Gasteiger partial charge in [-0.3, -0.25) is 4.79 Å².